The van der Waals surface area contributed by atoms with E-state index in [0.29, 0.717) is 0 Å². The molecule has 1 saturated carbocycles. The fourth-order valence-corrected chi connectivity index (χ4v) is 2.69. The quantitative estimate of drug-likeness (QED) is 0.787. The molecule has 20 heavy (non-hydrogen) atoms. The lowest BCUT2D eigenvalue weighted by Gasteiger charge is -2.34. The van der Waals surface area contributed by atoms with Crippen LogP contribution in [0.25, 0.3) is 0 Å². The summed E-state index contributed by atoms with van der Waals surface area (Å²) in [5.74, 6) is -2.03. The minimum atomic E-state index is -0.964. The predicted molar refractivity (Wildman–Crippen MR) is 71.7 cm³/mol. The third kappa shape index (κ3) is 3.04. The third-order valence-electron chi connectivity index (χ3n) is 4.08. The van der Waals surface area contributed by atoms with Crippen LogP contribution in [-0.4, -0.2) is 54.3 Å². The highest BCUT2D eigenvalue weighted by atomic mass is 19.2. The largest absolute Gasteiger partial charge is 0.298 e. The van der Waals surface area contributed by atoms with E-state index in [1.54, 1.807) is 0 Å². The highest BCUT2D eigenvalue weighted by molar-refractivity contribution is 5.97. The topological polar surface area (TPSA) is 23.6 Å². The number of rotatable bonds is 4. The van der Waals surface area contributed by atoms with Crippen LogP contribution in [0.2, 0.25) is 0 Å². The van der Waals surface area contributed by atoms with Gasteiger partial charge in [-0.3, -0.25) is 14.6 Å². The van der Waals surface area contributed by atoms with Crippen molar-refractivity contribution in [3.63, 3.8) is 0 Å². The van der Waals surface area contributed by atoms with E-state index in [2.05, 4.69) is 9.80 Å². The molecule has 0 unspecified atom stereocenters. The van der Waals surface area contributed by atoms with Gasteiger partial charge in [0.1, 0.15) is 0 Å². The van der Waals surface area contributed by atoms with Crippen LogP contribution < -0.4 is 0 Å². The van der Waals surface area contributed by atoms with Crippen LogP contribution >= 0.6 is 0 Å². The van der Waals surface area contributed by atoms with E-state index in [1.165, 1.54) is 18.9 Å². The van der Waals surface area contributed by atoms with Gasteiger partial charge >= 0.3 is 0 Å². The molecule has 0 bridgehead atoms. The summed E-state index contributed by atoms with van der Waals surface area (Å²) in [6.45, 7) is 4.01. The van der Waals surface area contributed by atoms with E-state index in [1.807, 2.05) is 0 Å². The number of hydrogen-bond acceptors (Lipinski definition) is 3. The Labute approximate surface area is 117 Å². The maximum absolute atomic E-state index is 13.1. The molecule has 0 amide bonds. The van der Waals surface area contributed by atoms with Crippen LogP contribution in [0.5, 0.6) is 0 Å². The summed E-state index contributed by atoms with van der Waals surface area (Å²) in [6, 6.07) is 4.10. The van der Waals surface area contributed by atoms with Gasteiger partial charge in [-0.15, -0.1) is 0 Å². The highest BCUT2D eigenvalue weighted by Gasteiger charge is 2.31. The summed E-state index contributed by atoms with van der Waals surface area (Å²) < 4.78 is 26.0. The Kier molecular flexibility index (Phi) is 3.81. The molecule has 1 aliphatic heterocycles. The number of ketones is 1. The fraction of sp³-hybridized carbons (Fsp3) is 0.533. The summed E-state index contributed by atoms with van der Waals surface area (Å²) in [5, 5.41) is 0. The van der Waals surface area contributed by atoms with Crippen molar-refractivity contribution >= 4 is 5.78 Å². The molecule has 108 valence electrons. The van der Waals surface area contributed by atoms with Crippen molar-refractivity contribution in [3.8, 4) is 0 Å². The van der Waals surface area contributed by atoms with Crippen molar-refractivity contribution in [1.29, 1.82) is 0 Å². The third-order valence-corrected chi connectivity index (χ3v) is 4.08. The van der Waals surface area contributed by atoms with Gasteiger partial charge in [-0.2, -0.15) is 0 Å². The van der Waals surface area contributed by atoms with Gasteiger partial charge < -0.3 is 0 Å². The summed E-state index contributed by atoms with van der Waals surface area (Å²) in [4.78, 5) is 16.6. The summed E-state index contributed by atoms with van der Waals surface area (Å²) in [7, 11) is 0. The molecule has 5 heteroatoms. The van der Waals surface area contributed by atoms with Crippen molar-refractivity contribution < 1.29 is 13.6 Å². The van der Waals surface area contributed by atoms with E-state index in [0.717, 1.165) is 44.4 Å². The normalized spacial score (nSPS) is 21.1. The standard InChI is InChI=1S/C15H18F2N2O/c16-13-4-1-11(9-14(13)17)15(20)10-18-5-7-19(8-6-18)12-2-3-12/h1,4,9,12H,2-3,5-8,10H2. The van der Waals surface area contributed by atoms with Gasteiger partial charge in [0.25, 0.3) is 0 Å². The van der Waals surface area contributed by atoms with Gasteiger partial charge in [-0.05, 0) is 31.0 Å². The number of piperazine rings is 1. The first-order chi connectivity index (χ1) is 9.63. The molecule has 2 fully saturated rings. The first kappa shape index (κ1) is 13.6. The molecule has 0 aromatic heterocycles. The number of carbonyl (C=O) groups excluding carboxylic acids is 1. The number of benzene rings is 1. The van der Waals surface area contributed by atoms with E-state index < -0.39 is 11.6 Å². The molecular formula is C15H18F2N2O. The van der Waals surface area contributed by atoms with Crippen LogP contribution in [-0.2, 0) is 0 Å². The molecule has 3 rings (SSSR count). The Bertz CT molecular complexity index is 509. The van der Waals surface area contributed by atoms with Crippen LogP contribution in [0.3, 0.4) is 0 Å². The van der Waals surface area contributed by atoms with E-state index in [-0.39, 0.29) is 17.9 Å². The molecule has 1 saturated heterocycles. The monoisotopic (exact) mass is 280 g/mol. The summed E-state index contributed by atoms with van der Waals surface area (Å²) >= 11 is 0. The zero-order valence-electron chi connectivity index (χ0n) is 11.3. The van der Waals surface area contributed by atoms with Crippen molar-refractivity contribution in [1.82, 2.24) is 9.80 Å². The zero-order valence-corrected chi connectivity index (χ0v) is 11.3. The molecule has 1 heterocycles. The second-order valence-electron chi connectivity index (χ2n) is 5.60. The van der Waals surface area contributed by atoms with Gasteiger partial charge in [0, 0.05) is 37.8 Å². The van der Waals surface area contributed by atoms with Crippen LogP contribution in [0.4, 0.5) is 8.78 Å². The second-order valence-corrected chi connectivity index (χ2v) is 5.60. The Morgan fingerprint density at radius 1 is 1.10 bits per heavy atom. The number of nitrogens with zero attached hydrogens (tertiary/aromatic N) is 2. The van der Waals surface area contributed by atoms with Gasteiger partial charge in [0.15, 0.2) is 17.4 Å². The van der Waals surface area contributed by atoms with Crippen LogP contribution in [0.15, 0.2) is 18.2 Å². The van der Waals surface area contributed by atoms with E-state index >= 15 is 0 Å². The minimum absolute atomic E-state index is 0.149. The Morgan fingerprint density at radius 2 is 1.80 bits per heavy atom. The fourth-order valence-electron chi connectivity index (χ4n) is 2.69. The van der Waals surface area contributed by atoms with E-state index in [9.17, 15) is 13.6 Å². The minimum Gasteiger partial charge on any atom is -0.298 e. The number of halogens is 2. The highest BCUT2D eigenvalue weighted by Crippen LogP contribution is 2.27. The van der Waals surface area contributed by atoms with Crippen LogP contribution in [0.1, 0.15) is 23.2 Å². The lowest BCUT2D eigenvalue weighted by Crippen LogP contribution is -2.48. The van der Waals surface area contributed by atoms with Crippen LogP contribution in [0, 0.1) is 11.6 Å². The van der Waals surface area contributed by atoms with Crippen molar-refractivity contribution in [3.05, 3.63) is 35.4 Å². The van der Waals surface area contributed by atoms with Gasteiger partial charge in [-0.1, -0.05) is 0 Å². The Hall–Kier alpha value is -1.33. The summed E-state index contributed by atoms with van der Waals surface area (Å²) in [5.41, 5.74) is 0.244. The predicted octanol–water partition coefficient (Wildman–Crippen LogP) is 1.93. The first-order valence-electron chi connectivity index (χ1n) is 7.08. The number of Topliss-reactive ketones (excluding diaryl/α,β-unsaturated/α-hetero) is 1. The molecular weight excluding hydrogens is 262 g/mol. The van der Waals surface area contributed by atoms with Gasteiger partial charge in [0.2, 0.25) is 0 Å². The Balaban J connectivity index is 1.54. The first-order valence-corrected chi connectivity index (χ1v) is 7.08. The smallest absolute Gasteiger partial charge is 0.176 e. The van der Waals surface area contributed by atoms with Gasteiger partial charge in [0.05, 0.1) is 6.54 Å². The van der Waals surface area contributed by atoms with Crippen molar-refractivity contribution in [2.24, 2.45) is 0 Å². The van der Waals surface area contributed by atoms with Crippen molar-refractivity contribution in [2.45, 2.75) is 18.9 Å². The molecule has 3 nitrogen and oxygen atoms in total. The van der Waals surface area contributed by atoms with Gasteiger partial charge in [-0.25, -0.2) is 8.78 Å². The molecule has 0 N–H and O–H groups in total. The average molecular weight is 280 g/mol. The van der Waals surface area contributed by atoms with Crippen molar-refractivity contribution in [2.75, 3.05) is 32.7 Å². The second kappa shape index (κ2) is 5.58. The lowest BCUT2D eigenvalue weighted by atomic mass is 10.1. The van der Waals surface area contributed by atoms with E-state index in [4.69, 9.17) is 0 Å². The molecule has 1 aliphatic carbocycles. The maximum atomic E-state index is 13.1. The molecule has 0 spiro atoms. The number of carbonyl (C=O) groups is 1. The lowest BCUT2D eigenvalue weighted by molar-refractivity contribution is 0.0843. The molecule has 0 atom stereocenters. The summed E-state index contributed by atoms with van der Waals surface area (Å²) in [6.07, 6.45) is 2.60. The number of hydrogen-bond donors (Lipinski definition) is 0. The Morgan fingerprint density at radius 3 is 2.40 bits per heavy atom. The maximum Gasteiger partial charge on any atom is 0.176 e. The SMILES string of the molecule is O=C(CN1CCN(C2CC2)CC1)c1ccc(F)c(F)c1. The molecule has 1 aromatic rings. The molecule has 2 aliphatic rings. The molecule has 0 radical (unpaired) electrons. The zero-order chi connectivity index (χ0) is 14.1. The molecule has 1 aromatic carbocycles. The average Bonchev–Trinajstić information content (AvgIpc) is 3.27.